The molecule has 0 saturated heterocycles. The molecule has 6 nitrogen and oxygen atoms in total. The number of hydrogen-bond acceptors (Lipinski definition) is 5. The van der Waals surface area contributed by atoms with Gasteiger partial charge in [-0.1, -0.05) is 18.5 Å². The molecule has 0 aliphatic carbocycles. The van der Waals surface area contributed by atoms with Crippen molar-refractivity contribution in [3.8, 4) is 11.9 Å². The predicted molar refractivity (Wildman–Crippen MR) is 109 cm³/mol. The van der Waals surface area contributed by atoms with Crippen LogP contribution in [0.2, 0.25) is 5.02 Å². The van der Waals surface area contributed by atoms with Crippen molar-refractivity contribution in [3.63, 3.8) is 0 Å². The van der Waals surface area contributed by atoms with Crippen molar-refractivity contribution in [1.29, 1.82) is 5.26 Å². The molecule has 3 aromatic rings. The molecule has 0 atom stereocenters. The Morgan fingerprint density at radius 2 is 2.10 bits per heavy atom. The van der Waals surface area contributed by atoms with Crippen LogP contribution in [0.5, 0.6) is 5.88 Å². The minimum atomic E-state index is -0.894. The molecule has 0 fully saturated rings. The summed E-state index contributed by atoms with van der Waals surface area (Å²) < 4.78 is 11.8. The molecule has 3 rings (SSSR count). The van der Waals surface area contributed by atoms with E-state index in [1.807, 2.05) is 12.1 Å². The number of carbonyl (C=O) groups is 1. The quantitative estimate of drug-likeness (QED) is 0.545. The van der Waals surface area contributed by atoms with Crippen molar-refractivity contribution in [2.75, 3.05) is 0 Å². The van der Waals surface area contributed by atoms with Crippen LogP contribution in [0.1, 0.15) is 47.8 Å². The summed E-state index contributed by atoms with van der Waals surface area (Å²) in [7, 11) is 0. The molecule has 1 N–H and O–H groups in total. The Hall–Kier alpha value is -3.04. The van der Waals surface area contributed by atoms with Crippen LogP contribution in [0, 0.1) is 18.3 Å². The van der Waals surface area contributed by atoms with Gasteiger partial charge in [-0.25, -0.2) is 4.98 Å². The summed E-state index contributed by atoms with van der Waals surface area (Å²) >= 11 is 6.24. The highest BCUT2D eigenvalue weighted by molar-refractivity contribution is 6.31. The van der Waals surface area contributed by atoms with Gasteiger partial charge in [0, 0.05) is 35.0 Å². The number of carboxylic acids is 1. The lowest BCUT2D eigenvalue weighted by Gasteiger charge is -2.12. The summed E-state index contributed by atoms with van der Waals surface area (Å²) in [5, 5.41) is 19.9. The average molecular weight is 413 g/mol. The SMILES string of the molecule is CCCc1cc2cc(Cl)cc(COc3ncc(CCC(=O)O)c(C)c3C#N)c2o1. The lowest BCUT2D eigenvalue weighted by atomic mass is 10.0. The van der Waals surface area contributed by atoms with E-state index in [4.69, 9.17) is 25.9 Å². The molecule has 0 saturated carbocycles. The molecule has 0 spiro atoms. The predicted octanol–water partition coefficient (Wildman–Crippen LogP) is 5.21. The van der Waals surface area contributed by atoms with Crippen LogP contribution in [-0.4, -0.2) is 16.1 Å². The largest absolute Gasteiger partial charge is 0.481 e. The number of aryl methyl sites for hydroxylation is 2. The Kier molecular flexibility index (Phi) is 6.40. The summed E-state index contributed by atoms with van der Waals surface area (Å²) in [5.74, 6) is 0.201. The van der Waals surface area contributed by atoms with Crippen LogP contribution < -0.4 is 4.74 Å². The third-order valence-corrected chi connectivity index (χ3v) is 4.92. The Morgan fingerprint density at radius 1 is 1.31 bits per heavy atom. The van der Waals surface area contributed by atoms with Gasteiger partial charge in [0.2, 0.25) is 5.88 Å². The molecule has 1 aromatic carbocycles. The number of nitriles is 1. The Labute approximate surface area is 173 Å². The molecule has 0 radical (unpaired) electrons. The number of nitrogens with zero attached hydrogens (tertiary/aromatic N) is 2. The summed E-state index contributed by atoms with van der Waals surface area (Å²) in [6.45, 7) is 4.00. The van der Waals surface area contributed by atoms with Gasteiger partial charge >= 0.3 is 5.97 Å². The summed E-state index contributed by atoms with van der Waals surface area (Å²) in [4.78, 5) is 15.1. The van der Waals surface area contributed by atoms with Gasteiger partial charge in [-0.2, -0.15) is 5.26 Å². The molecule has 0 aliphatic heterocycles. The maximum absolute atomic E-state index is 10.8. The van der Waals surface area contributed by atoms with Gasteiger partial charge in [-0.3, -0.25) is 4.79 Å². The molecular formula is C22H21ClN2O4. The monoisotopic (exact) mass is 412 g/mol. The zero-order valence-electron chi connectivity index (χ0n) is 16.3. The van der Waals surface area contributed by atoms with E-state index in [0.29, 0.717) is 28.2 Å². The van der Waals surface area contributed by atoms with E-state index < -0.39 is 5.97 Å². The van der Waals surface area contributed by atoms with Crippen LogP contribution in [0.15, 0.2) is 28.8 Å². The maximum atomic E-state index is 10.8. The molecule has 0 bridgehead atoms. The first-order valence-corrected chi connectivity index (χ1v) is 9.74. The second-order valence-electron chi connectivity index (χ2n) is 6.83. The van der Waals surface area contributed by atoms with Crippen molar-refractivity contribution in [2.24, 2.45) is 0 Å². The number of aromatic nitrogens is 1. The van der Waals surface area contributed by atoms with Gasteiger partial charge in [0.25, 0.3) is 0 Å². The summed E-state index contributed by atoms with van der Waals surface area (Å²) in [6.07, 6.45) is 3.66. The van der Waals surface area contributed by atoms with E-state index in [2.05, 4.69) is 18.0 Å². The van der Waals surface area contributed by atoms with Gasteiger partial charge in [-0.05, 0) is 49.1 Å². The number of rotatable bonds is 8. The molecule has 7 heteroatoms. The highest BCUT2D eigenvalue weighted by atomic mass is 35.5. The van der Waals surface area contributed by atoms with Crippen molar-refractivity contribution in [1.82, 2.24) is 4.98 Å². The number of aliphatic carboxylic acids is 1. The molecule has 29 heavy (non-hydrogen) atoms. The number of hydrogen-bond donors (Lipinski definition) is 1. The second-order valence-corrected chi connectivity index (χ2v) is 7.27. The topological polar surface area (TPSA) is 96.4 Å². The zero-order chi connectivity index (χ0) is 21.0. The average Bonchev–Trinajstić information content (AvgIpc) is 3.07. The van der Waals surface area contributed by atoms with Crippen LogP contribution in [0.3, 0.4) is 0 Å². The van der Waals surface area contributed by atoms with Crippen molar-refractivity contribution in [2.45, 2.75) is 46.1 Å². The summed E-state index contributed by atoms with van der Waals surface area (Å²) in [5.41, 5.74) is 3.19. The number of ether oxygens (including phenoxy) is 1. The summed E-state index contributed by atoms with van der Waals surface area (Å²) in [6, 6.07) is 7.73. The van der Waals surface area contributed by atoms with Crippen molar-refractivity contribution < 1.29 is 19.1 Å². The van der Waals surface area contributed by atoms with Gasteiger partial charge < -0.3 is 14.3 Å². The number of benzene rings is 1. The number of furan rings is 1. The van der Waals surface area contributed by atoms with E-state index in [9.17, 15) is 10.1 Å². The van der Waals surface area contributed by atoms with Crippen molar-refractivity contribution in [3.05, 3.63) is 57.4 Å². The fraction of sp³-hybridized carbons (Fsp3) is 0.318. The standard InChI is InChI=1S/C22H21ClN2O4/c1-3-4-18-9-15-7-17(23)8-16(21(15)29-18)12-28-22-19(10-24)13(2)14(11-25-22)5-6-20(26)27/h7-9,11H,3-6,12H2,1-2H3,(H,26,27). The highest BCUT2D eigenvalue weighted by Gasteiger charge is 2.16. The molecule has 2 heterocycles. The smallest absolute Gasteiger partial charge is 0.303 e. The van der Waals surface area contributed by atoms with Gasteiger partial charge in [0.1, 0.15) is 29.6 Å². The molecule has 0 aliphatic rings. The fourth-order valence-corrected chi connectivity index (χ4v) is 3.46. The highest BCUT2D eigenvalue weighted by Crippen LogP contribution is 2.30. The molecule has 0 amide bonds. The first-order valence-electron chi connectivity index (χ1n) is 9.37. The normalized spacial score (nSPS) is 10.8. The third-order valence-electron chi connectivity index (χ3n) is 4.70. The van der Waals surface area contributed by atoms with E-state index in [-0.39, 0.29) is 18.9 Å². The first kappa shape index (κ1) is 20.7. The zero-order valence-corrected chi connectivity index (χ0v) is 17.0. The number of halogens is 1. The van der Waals surface area contributed by atoms with Gasteiger partial charge in [0.15, 0.2) is 0 Å². The van der Waals surface area contributed by atoms with E-state index in [1.54, 1.807) is 19.2 Å². The maximum Gasteiger partial charge on any atom is 0.303 e. The van der Waals surface area contributed by atoms with Crippen LogP contribution in [0.4, 0.5) is 0 Å². The second kappa shape index (κ2) is 8.97. The van der Waals surface area contributed by atoms with E-state index >= 15 is 0 Å². The van der Waals surface area contributed by atoms with Crippen molar-refractivity contribution >= 4 is 28.5 Å². The Bertz CT molecular complexity index is 1100. The van der Waals surface area contributed by atoms with E-state index in [0.717, 1.165) is 35.1 Å². The lowest BCUT2D eigenvalue weighted by Crippen LogP contribution is -2.05. The van der Waals surface area contributed by atoms with Gasteiger partial charge in [0.05, 0.1) is 0 Å². The minimum Gasteiger partial charge on any atom is -0.481 e. The Morgan fingerprint density at radius 3 is 2.79 bits per heavy atom. The van der Waals surface area contributed by atoms with Crippen LogP contribution in [0.25, 0.3) is 11.0 Å². The molecule has 150 valence electrons. The van der Waals surface area contributed by atoms with E-state index in [1.165, 1.54) is 0 Å². The molecular weight excluding hydrogens is 392 g/mol. The van der Waals surface area contributed by atoms with Crippen LogP contribution >= 0.6 is 11.6 Å². The lowest BCUT2D eigenvalue weighted by molar-refractivity contribution is -0.136. The van der Waals surface area contributed by atoms with Gasteiger partial charge in [-0.15, -0.1) is 0 Å². The number of carboxylic acid groups (broad SMARTS) is 1. The van der Waals surface area contributed by atoms with Crippen LogP contribution in [-0.2, 0) is 24.2 Å². The molecule has 2 aromatic heterocycles. The Balaban J connectivity index is 1.87. The first-order chi connectivity index (χ1) is 13.9. The number of fused-ring (bicyclic) bond motifs is 1. The third kappa shape index (κ3) is 4.69. The fourth-order valence-electron chi connectivity index (χ4n) is 3.22. The number of pyridine rings is 1. The minimum absolute atomic E-state index is 0.0212. The molecule has 0 unspecified atom stereocenters.